The number of carbonyl (C=O) groups excluding carboxylic acids is 1. The van der Waals surface area contributed by atoms with Crippen LogP contribution in [0.2, 0.25) is 5.02 Å². The first-order valence-corrected chi connectivity index (χ1v) is 9.03. The molecule has 1 saturated carbocycles. The molecule has 0 saturated heterocycles. The molecule has 1 aliphatic rings. The molecule has 0 spiro atoms. The van der Waals surface area contributed by atoms with Gasteiger partial charge in [0.05, 0.1) is 11.1 Å². The summed E-state index contributed by atoms with van der Waals surface area (Å²) < 4.78 is 52.7. The Morgan fingerprint density at radius 2 is 1.79 bits per heavy atom. The number of halogens is 5. The highest BCUT2D eigenvalue weighted by molar-refractivity contribution is 6.30. The lowest BCUT2D eigenvalue weighted by Gasteiger charge is -2.31. The fourth-order valence-electron chi connectivity index (χ4n) is 3.57. The van der Waals surface area contributed by atoms with Gasteiger partial charge in [-0.2, -0.15) is 13.2 Å². The van der Waals surface area contributed by atoms with Crippen LogP contribution in [0, 0.1) is 5.82 Å². The van der Waals surface area contributed by atoms with Crippen LogP contribution in [0.15, 0.2) is 41.3 Å². The summed E-state index contributed by atoms with van der Waals surface area (Å²) in [5, 5.41) is 2.22. The minimum Gasteiger partial charge on any atom is -0.345 e. The highest BCUT2D eigenvalue weighted by atomic mass is 35.5. The van der Waals surface area contributed by atoms with Crippen molar-refractivity contribution in [3.8, 4) is 0 Å². The summed E-state index contributed by atoms with van der Waals surface area (Å²) in [5.74, 6) is -1.03. The SMILES string of the molecule is O=C(Cn1cc(C(F)(F)F)cc(Cl)c1=O)NC1(c2ccc(F)cc2)CCCC1. The van der Waals surface area contributed by atoms with Gasteiger partial charge in [-0.05, 0) is 36.6 Å². The van der Waals surface area contributed by atoms with Crippen molar-refractivity contribution in [1.82, 2.24) is 9.88 Å². The van der Waals surface area contributed by atoms with E-state index in [-0.39, 0.29) is 0 Å². The van der Waals surface area contributed by atoms with Crippen molar-refractivity contribution in [2.75, 3.05) is 0 Å². The lowest BCUT2D eigenvalue weighted by molar-refractivity contribution is -0.138. The molecule has 1 amide bonds. The van der Waals surface area contributed by atoms with E-state index in [1.165, 1.54) is 12.1 Å². The fraction of sp³-hybridized carbons (Fsp3) is 0.368. The van der Waals surface area contributed by atoms with Gasteiger partial charge < -0.3 is 9.88 Å². The third kappa shape index (κ3) is 4.22. The van der Waals surface area contributed by atoms with Crippen LogP contribution in [0.3, 0.4) is 0 Å². The number of aromatic nitrogens is 1. The second-order valence-corrected chi connectivity index (χ2v) is 7.26. The Balaban J connectivity index is 1.86. The molecule has 0 bridgehead atoms. The van der Waals surface area contributed by atoms with E-state index in [1.54, 1.807) is 12.1 Å². The van der Waals surface area contributed by atoms with Crippen LogP contribution in [-0.4, -0.2) is 10.5 Å². The third-order valence-electron chi connectivity index (χ3n) is 4.92. The zero-order valence-corrected chi connectivity index (χ0v) is 15.4. The maximum Gasteiger partial charge on any atom is 0.417 e. The number of pyridine rings is 1. The van der Waals surface area contributed by atoms with Gasteiger partial charge in [-0.3, -0.25) is 9.59 Å². The van der Waals surface area contributed by atoms with Crippen molar-refractivity contribution in [2.45, 2.75) is 43.9 Å². The predicted molar refractivity (Wildman–Crippen MR) is 95.4 cm³/mol. The monoisotopic (exact) mass is 416 g/mol. The van der Waals surface area contributed by atoms with Gasteiger partial charge in [0, 0.05) is 6.20 Å². The minimum atomic E-state index is -4.70. The molecule has 3 rings (SSSR count). The van der Waals surface area contributed by atoms with E-state index in [0.717, 1.165) is 12.8 Å². The van der Waals surface area contributed by atoms with E-state index < -0.39 is 46.1 Å². The van der Waals surface area contributed by atoms with Crippen LogP contribution in [0.1, 0.15) is 36.8 Å². The number of nitrogens with one attached hydrogen (secondary N) is 1. The van der Waals surface area contributed by atoms with Crippen molar-refractivity contribution in [2.24, 2.45) is 0 Å². The second kappa shape index (κ2) is 7.58. The number of alkyl halides is 3. The molecule has 0 radical (unpaired) electrons. The number of carbonyl (C=O) groups is 1. The first kappa shape index (κ1) is 20.4. The molecule has 9 heteroatoms. The van der Waals surface area contributed by atoms with Gasteiger partial charge in [0.25, 0.3) is 5.56 Å². The van der Waals surface area contributed by atoms with E-state index in [0.29, 0.717) is 35.2 Å². The van der Waals surface area contributed by atoms with E-state index >= 15 is 0 Å². The Morgan fingerprint density at radius 3 is 2.36 bits per heavy atom. The van der Waals surface area contributed by atoms with Crippen LogP contribution in [0.25, 0.3) is 0 Å². The fourth-order valence-corrected chi connectivity index (χ4v) is 3.79. The highest BCUT2D eigenvalue weighted by Crippen LogP contribution is 2.38. The van der Waals surface area contributed by atoms with Crippen molar-refractivity contribution < 1.29 is 22.4 Å². The molecule has 2 aromatic rings. The van der Waals surface area contributed by atoms with Crippen molar-refractivity contribution in [3.63, 3.8) is 0 Å². The smallest absolute Gasteiger partial charge is 0.345 e. The van der Waals surface area contributed by atoms with Gasteiger partial charge in [-0.25, -0.2) is 4.39 Å². The van der Waals surface area contributed by atoms with E-state index in [1.807, 2.05) is 0 Å². The molecule has 1 aromatic carbocycles. The van der Waals surface area contributed by atoms with E-state index in [2.05, 4.69) is 5.32 Å². The first-order valence-electron chi connectivity index (χ1n) is 8.65. The van der Waals surface area contributed by atoms with Crippen LogP contribution in [-0.2, 0) is 23.1 Å². The molecule has 1 fully saturated rings. The Morgan fingerprint density at radius 1 is 1.18 bits per heavy atom. The number of hydrogen-bond donors (Lipinski definition) is 1. The largest absolute Gasteiger partial charge is 0.417 e. The quantitative estimate of drug-likeness (QED) is 0.758. The van der Waals surface area contributed by atoms with Gasteiger partial charge in [-0.1, -0.05) is 36.6 Å². The summed E-state index contributed by atoms with van der Waals surface area (Å²) in [6, 6.07) is 6.27. The van der Waals surface area contributed by atoms with Crippen LogP contribution in [0.4, 0.5) is 17.6 Å². The highest BCUT2D eigenvalue weighted by Gasteiger charge is 2.37. The van der Waals surface area contributed by atoms with Crippen molar-refractivity contribution in [3.05, 3.63) is 68.8 Å². The molecule has 0 atom stereocenters. The normalized spacial score (nSPS) is 16.2. The zero-order chi connectivity index (χ0) is 20.5. The Kier molecular flexibility index (Phi) is 5.52. The first-order chi connectivity index (χ1) is 13.1. The summed E-state index contributed by atoms with van der Waals surface area (Å²) in [7, 11) is 0. The molecular formula is C19H17ClF4N2O2. The van der Waals surface area contributed by atoms with E-state index in [9.17, 15) is 27.2 Å². The van der Waals surface area contributed by atoms with Crippen LogP contribution < -0.4 is 10.9 Å². The molecule has 4 nitrogen and oxygen atoms in total. The average Bonchev–Trinajstić information content (AvgIpc) is 3.07. The van der Waals surface area contributed by atoms with Gasteiger partial charge in [0.2, 0.25) is 5.91 Å². The second-order valence-electron chi connectivity index (χ2n) is 6.85. The zero-order valence-electron chi connectivity index (χ0n) is 14.7. The van der Waals surface area contributed by atoms with Crippen molar-refractivity contribution >= 4 is 17.5 Å². The van der Waals surface area contributed by atoms with Gasteiger partial charge in [0.1, 0.15) is 17.4 Å². The van der Waals surface area contributed by atoms with Crippen molar-refractivity contribution in [1.29, 1.82) is 0 Å². The molecule has 28 heavy (non-hydrogen) atoms. The summed E-state index contributed by atoms with van der Waals surface area (Å²) in [5.41, 5.74) is -2.01. The van der Waals surface area contributed by atoms with Gasteiger partial charge >= 0.3 is 6.18 Å². The summed E-state index contributed by atoms with van der Waals surface area (Å²) in [4.78, 5) is 24.6. The summed E-state index contributed by atoms with van der Waals surface area (Å²) in [6.07, 6.45) is -1.21. The summed E-state index contributed by atoms with van der Waals surface area (Å²) >= 11 is 5.62. The molecular weight excluding hydrogens is 400 g/mol. The predicted octanol–water partition coefficient (Wildman–Crippen LogP) is 4.25. The van der Waals surface area contributed by atoms with Crippen LogP contribution in [0.5, 0.6) is 0 Å². The lowest BCUT2D eigenvalue weighted by atomic mass is 9.88. The number of benzene rings is 1. The number of hydrogen-bond acceptors (Lipinski definition) is 2. The van der Waals surface area contributed by atoms with Gasteiger partial charge in [-0.15, -0.1) is 0 Å². The topological polar surface area (TPSA) is 51.1 Å². The Hall–Kier alpha value is -2.35. The molecule has 1 aromatic heterocycles. The third-order valence-corrected chi connectivity index (χ3v) is 5.19. The molecule has 150 valence electrons. The minimum absolute atomic E-state index is 0.409. The molecule has 0 aliphatic heterocycles. The Bertz CT molecular complexity index is 932. The number of nitrogens with zero attached hydrogens (tertiary/aromatic N) is 1. The standard InChI is InChI=1S/C19H17ClF4N2O2/c20-15-9-13(19(22,23)24)10-26(17(15)28)11-16(27)25-18(7-1-2-8-18)12-3-5-14(21)6-4-12/h3-6,9-10H,1-2,7-8,11H2,(H,25,27). The molecule has 1 N–H and O–H groups in total. The van der Waals surface area contributed by atoms with Gasteiger partial charge in [0.15, 0.2) is 0 Å². The average molecular weight is 417 g/mol. The Labute approximate surface area is 163 Å². The van der Waals surface area contributed by atoms with E-state index in [4.69, 9.17) is 11.6 Å². The number of rotatable bonds is 4. The summed E-state index contributed by atoms with van der Waals surface area (Å²) in [6.45, 7) is -0.606. The maximum absolute atomic E-state index is 13.2. The number of amides is 1. The molecule has 1 heterocycles. The lowest BCUT2D eigenvalue weighted by Crippen LogP contribution is -2.46. The molecule has 1 aliphatic carbocycles. The maximum atomic E-state index is 13.2. The van der Waals surface area contributed by atoms with Crippen LogP contribution >= 0.6 is 11.6 Å². The molecule has 0 unspecified atom stereocenters.